The third kappa shape index (κ3) is 6.30. The summed E-state index contributed by atoms with van der Waals surface area (Å²) in [7, 11) is 0. The Morgan fingerprint density at radius 1 is 0.912 bits per heavy atom. The number of aliphatic hydroxyl groups is 1. The lowest BCUT2D eigenvalue weighted by atomic mass is 10.1. The number of pyridine rings is 1. The number of fused-ring (bicyclic) bond motifs is 1. The first-order valence-corrected chi connectivity index (χ1v) is 10.5. The van der Waals surface area contributed by atoms with Crippen LogP contribution >= 0.6 is 0 Å². The Morgan fingerprint density at radius 3 is 2.12 bits per heavy atom. The molecule has 10 heteroatoms. The van der Waals surface area contributed by atoms with Gasteiger partial charge in [0.2, 0.25) is 0 Å². The van der Waals surface area contributed by atoms with Crippen molar-refractivity contribution in [3.63, 3.8) is 0 Å². The molecule has 0 spiro atoms. The molecule has 180 valence electrons. The fraction of sp³-hybridized carbons (Fsp3) is 0.292. The Morgan fingerprint density at radius 2 is 1.50 bits per heavy atom. The van der Waals surface area contributed by atoms with Gasteiger partial charge in [-0.1, -0.05) is 48.5 Å². The van der Waals surface area contributed by atoms with Crippen molar-refractivity contribution in [1.82, 2.24) is 14.8 Å². The van der Waals surface area contributed by atoms with Gasteiger partial charge in [0, 0.05) is 44.3 Å². The lowest BCUT2D eigenvalue weighted by molar-refractivity contribution is -0.192. The molecule has 0 bridgehead atoms. The SMILES string of the molecule is O=C(O)C(F)(F)F.O=C(c1nccc2ccccc12)N1CCN(Cc2ccccc2CO)CC1. The van der Waals surface area contributed by atoms with Crippen LogP contribution in [0.25, 0.3) is 10.8 Å². The Kier molecular flexibility index (Phi) is 8.19. The fourth-order valence-electron chi connectivity index (χ4n) is 3.66. The highest BCUT2D eigenvalue weighted by molar-refractivity contribution is 6.05. The normalized spacial score (nSPS) is 14.4. The zero-order chi connectivity index (χ0) is 24.7. The fourth-order valence-corrected chi connectivity index (χ4v) is 3.66. The largest absolute Gasteiger partial charge is 0.490 e. The maximum Gasteiger partial charge on any atom is 0.490 e. The topological polar surface area (TPSA) is 94.0 Å². The van der Waals surface area contributed by atoms with Gasteiger partial charge >= 0.3 is 12.1 Å². The van der Waals surface area contributed by atoms with Crippen LogP contribution in [0.4, 0.5) is 13.2 Å². The van der Waals surface area contributed by atoms with Crippen LogP contribution in [0, 0.1) is 0 Å². The predicted molar refractivity (Wildman–Crippen MR) is 119 cm³/mol. The van der Waals surface area contributed by atoms with Crippen LogP contribution in [0.3, 0.4) is 0 Å². The molecule has 34 heavy (non-hydrogen) atoms. The first-order chi connectivity index (χ1) is 16.2. The molecule has 7 nitrogen and oxygen atoms in total. The summed E-state index contributed by atoms with van der Waals surface area (Å²) in [6.45, 7) is 3.86. The van der Waals surface area contributed by atoms with Crippen molar-refractivity contribution in [2.45, 2.75) is 19.3 Å². The van der Waals surface area contributed by atoms with Crippen LogP contribution in [0.1, 0.15) is 21.6 Å². The molecule has 2 heterocycles. The Bertz CT molecular complexity index is 1140. The number of rotatable bonds is 4. The minimum atomic E-state index is -5.08. The van der Waals surface area contributed by atoms with E-state index in [0.717, 1.165) is 41.5 Å². The van der Waals surface area contributed by atoms with E-state index in [1.165, 1.54) is 0 Å². The van der Waals surface area contributed by atoms with E-state index in [2.05, 4.69) is 16.0 Å². The average Bonchev–Trinajstić information content (AvgIpc) is 2.84. The van der Waals surface area contributed by atoms with Crippen LogP contribution in [0.15, 0.2) is 60.8 Å². The first kappa shape index (κ1) is 25.1. The number of hydrogen-bond acceptors (Lipinski definition) is 5. The lowest BCUT2D eigenvalue weighted by Crippen LogP contribution is -2.48. The van der Waals surface area contributed by atoms with Crippen LogP contribution in [-0.2, 0) is 17.9 Å². The number of carboxylic acids is 1. The molecule has 0 unspecified atom stereocenters. The van der Waals surface area contributed by atoms with Crippen molar-refractivity contribution in [2.75, 3.05) is 26.2 Å². The number of benzene rings is 2. The molecule has 2 aromatic carbocycles. The molecule has 1 aliphatic rings. The molecule has 4 rings (SSSR count). The minimum Gasteiger partial charge on any atom is -0.475 e. The maximum atomic E-state index is 13.0. The molecule has 2 N–H and O–H groups in total. The molecule has 1 saturated heterocycles. The molecule has 1 fully saturated rings. The van der Waals surface area contributed by atoms with Crippen LogP contribution in [0.5, 0.6) is 0 Å². The van der Waals surface area contributed by atoms with E-state index in [0.29, 0.717) is 18.8 Å². The van der Waals surface area contributed by atoms with Gasteiger partial charge in [-0.2, -0.15) is 13.2 Å². The number of aliphatic carboxylic acids is 1. The number of carboxylic acid groups (broad SMARTS) is 1. The molecule has 0 atom stereocenters. The van der Waals surface area contributed by atoms with Crippen molar-refractivity contribution in [3.05, 3.63) is 77.6 Å². The van der Waals surface area contributed by atoms with E-state index < -0.39 is 12.1 Å². The maximum absolute atomic E-state index is 13.0. The van der Waals surface area contributed by atoms with Gasteiger partial charge in [0.1, 0.15) is 5.69 Å². The highest BCUT2D eigenvalue weighted by Crippen LogP contribution is 2.19. The predicted octanol–water partition coefficient (Wildman–Crippen LogP) is 3.32. The van der Waals surface area contributed by atoms with Gasteiger partial charge in [-0.3, -0.25) is 14.7 Å². The van der Waals surface area contributed by atoms with E-state index in [9.17, 15) is 23.1 Å². The number of aromatic nitrogens is 1. The van der Waals surface area contributed by atoms with Gasteiger partial charge in [0.25, 0.3) is 5.91 Å². The number of piperazine rings is 1. The second-order valence-corrected chi connectivity index (χ2v) is 7.68. The van der Waals surface area contributed by atoms with Gasteiger partial charge in [-0.15, -0.1) is 0 Å². The third-order valence-corrected chi connectivity index (χ3v) is 5.46. The Balaban J connectivity index is 0.000000406. The zero-order valence-corrected chi connectivity index (χ0v) is 18.2. The van der Waals surface area contributed by atoms with Crippen LogP contribution in [0.2, 0.25) is 0 Å². The summed E-state index contributed by atoms with van der Waals surface area (Å²) in [6, 6.07) is 17.8. The highest BCUT2D eigenvalue weighted by Gasteiger charge is 2.38. The van der Waals surface area contributed by atoms with E-state index in [1.54, 1.807) is 6.20 Å². The molecule has 1 aromatic heterocycles. The molecular formula is C24H24F3N3O4. The monoisotopic (exact) mass is 475 g/mol. The second-order valence-electron chi connectivity index (χ2n) is 7.68. The summed E-state index contributed by atoms with van der Waals surface area (Å²) in [4.78, 5) is 30.5. The van der Waals surface area contributed by atoms with E-state index in [-0.39, 0.29) is 12.5 Å². The van der Waals surface area contributed by atoms with E-state index >= 15 is 0 Å². The number of amides is 1. The minimum absolute atomic E-state index is 0.00204. The highest BCUT2D eigenvalue weighted by atomic mass is 19.4. The molecule has 0 aliphatic carbocycles. The summed E-state index contributed by atoms with van der Waals surface area (Å²) in [5.74, 6) is -2.75. The Labute approximate surface area is 194 Å². The Hall–Kier alpha value is -3.50. The molecule has 1 amide bonds. The molecular weight excluding hydrogens is 451 g/mol. The molecule has 0 radical (unpaired) electrons. The van der Waals surface area contributed by atoms with Crippen LogP contribution < -0.4 is 0 Å². The standard InChI is InChI=1S/C22H23N3O2.C2HF3O2/c26-16-19-7-2-1-6-18(19)15-24-11-13-25(14-12-24)22(27)21-20-8-4-3-5-17(20)9-10-23-21;3-2(4,5)1(6)7/h1-10,26H,11-16H2;(H,6,7). The lowest BCUT2D eigenvalue weighted by Gasteiger charge is -2.35. The number of nitrogens with zero attached hydrogens (tertiary/aromatic N) is 3. The van der Waals surface area contributed by atoms with Crippen molar-refractivity contribution >= 4 is 22.6 Å². The second kappa shape index (κ2) is 11.1. The van der Waals surface area contributed by atoms with Gasteiger partial charge in [0.05, 0.1) is 6.61 Å². The number of hydrogen-bond donors (Lipinski definition) is 2. The van der Waals surface area contributed by atoms with Crippen molar-refractivity contribution < 1.29 is 33.0 Å². The van der Waals surface area contributed by atoms with Gasteiger partial charge in [-0.05, 0) is 22.6 Å². The number of alkyl halides is 3. The zero-order valence-electron chi connectivity index (χ0n) is 18.2. The quantitative estimate of drug-likeness (QED) is 0.602. The summed E-state index contributed by atoms with van der Waals surface area (Å²) in [5, 5.41) is 18.6. The van der Waals surface area contributed by atoms with Gasteiger partial charge < -0.3 is 15.1 Å². The third-order valence-electron chi connectivity index (χ3n) is 5.46. The molecule has 0 saturated carbocycles. The van der Waals surface area contributed by atoms with Crippen molar-refractivity contribution in [1.29, 1.82) is 0 Å². The van der Waals surface area contributed by atoms with E-state index in [4.69, 9.17) is 9.90 Å². The summed E-state index contributed by atoms with van der Waals surface area (Å²) in [6.07, 6.45) is -3.38. The van der Waals surface area contributed by atoms with Crippen molar-refractivity contribution in [2.24, 2.45) is 0 Å². The van der Waals surface area contributed by atoms with Crippen molar-refractivity contribution in [3.8, 4) is 0 Å². The molecule has 1 aliphatic heterocycles. The number of aliphatic hydroxyl groups excluding tert-OH is 1. The molecule has 3 aromatic rings. The average molecular weight is 475 g/mol. The first-order valence-electron chi connectivity index (χ1n) is 10.5. The summed E-state index contributed by atoms with van der Waals surface area (Å²) < 4.78 is 31.7. The summed E-state index contributed by atoms with van der Waals surface area (Å²) >= 11 is 0. The van der Waals surface area contributed by atoms with E-state index in [1.807, 2.05) is 53.4 Å². The number of halogens is 3. The van der Waals surface area contributed by atoms with Gasteiger partial charge in [-0.25, -0.2) is 4.79 Å². The van der Waals surface area contributed by atoms with Crippen LogP contribution in [-0.4, -0.2) is 69.2 Å². The smallest absolute Gasteiger partial charge is 0.475 e. The summed E-state index contributed by atoms with van der Waals surface area (Å²) in [5.41, 5.74) is 2.65. The number of carbonyl (C=O) groups excluding carboxylic acids is 1. The van der Waals surface area contributed by atoms with Gasteiger partial charge in [0.15, 0.2) is 0 Å². The number of carbonyl (C=O) groups is 2.